The third-order valence-corrected chi connectivity index (χ3v) is 7.95. The summed E-state index contributed by atoms with van der Waals surface area (Å²) >= 11 is 6.24. The van der Waals surface area contributed by atoms with E-state index in [1.54, 1.807) is 55.5 Å². The zero-order chi connectivity index (χ0) is 25.2. The zero-order valence-corrected chi connectivity index (χ0v) is 21.0. The lowest BCUT2D eigenvalue weighted by Gasteiger charge is -2.16. The van der Waals surface area contributed by atoms with Crippen molar-refractivity contribution in [3.05, 3.63) is 65.1 Å². The second-order valence-electron chi connectivity index (χ2n) is 7.52. The molecule has 0 aromatic heterocycles. The Labute approximate surface area is 212 Å². The van der Waals surface area contributed by atoms with Crippen molar-refractivity contribution in [2.75, 3.05) is 35.7 Å². The molecule has 2 aromatic rings. The number of fused-ring (bicyclic) bond motifs is 1. The van der Waals surface area contributed by atoms with Crippen LogP contribution in [0.25, 0.3) is 5.57 Å². The van der Waals surface area contributed by atoms with Gasteiger partial charge in [0.2, 0.25) is 5.91 Å². The fourth-order valence-electron chi connectivity index (χ4n) is 3.71. The molecule has 0 bridgehead atoms. The molecule has 2 aliphatic rings. The van der Waals surface area contributed by atoms with Crippen LogP contribution in [0.4, 0.5) is 11.4 Å². The van der Waals surface area contributed by atoms with Gasteiger partial charge in [-0.25, -0.2) is 0 Å². The fourth-order valence-corrected chi connectivity index (χ4v) is 5.97. The molecule has 0 aliphatic carbocycles. The van der Waals surface area contributed by atoms with Gasteiger partial charge in [-0.15, -0.1) is 0 Å². The van der Waals surface area contributed by atoms with Gasteiger partial charge in [-0.05, 0) is 25.1 Å². The first-order valence-electron chi connectivity index (χ1n) is 10.6. The van der Waals surface area contributed by atoms with E-state index in [1.807, 2.05) is 6.07 Å². The number of thiocarbonyl (C=S) groups is 1. The Morgan fingerprint density at radius 2 is 1.71 bits per heavy atom. The minimum Gasteiger partial charge on any atom is -0.325 e. The fraction of sp³-hybridized carbons (Fsp3) is 0.217. The zero-order valence-electron chi connectivity index (χ0n) is 18.6. The topological polar surface area (TPSA) is 113 Å². The average molecular weight is 532 g/mol. The quantitative estimate of drug-likeness (QED) is 0.314. The van der Waals surface area contributed by atoms with Crippen LogP contribution >= 0.6 is 24.0 Å². The number of benzene rings is 2. The maximum absolute atomic E-state index is 13.4. The molecule has 182 valence electrons. The Bertz CT molecular complexity index is 1340. The molecule has 2 aliphatic heterocycles. The van der Waals surface area contributed by atoms with Crippen molar-refractivity contribution in [2.45, 2.75) is 6.92 Å². The molecule has 1 fully saturated rings. The van der Waals surface area contributed by atoms with E-state index in [1.165, 1.54) is 4.90 Å². The predicted molar refractivity (Wildman–Crippen MR) is 138 cm³/mol. The highest BCUT2D eigenvalue weighted by atomic mass is 32.2. The maximum atomic E-state index is 13.4. The number of thioether (sulfide) groups is 1. The third-order valence-electron chi connectivity index (χ3n) is 5.22. The third kappa shape index (κ3) is 5.30. The normalized spacial score (nSPS) is 17.8. The summed E-state index contributed by atoms with van der Waals surface area (Å²) in [5.74, 6) is -1.88. The van der Waals surface area contributed by atoms with Crippen molar-refractivity contribution >= 4 is 73.1 Å². The highest BCUT2D eigenvalue weighted by molar-refractivity contribution is 8.26. The van der Waals surface area contributed by atoms with E-state index in [0.29, 0.717) is 16.9 Å². The standard InChI is InChI=1S/C23H21N3O6S3/c1-2-32-35(30,31)13-12-25-22(29)20(34-23(25)33)19-16-10-6-7-11-17(16)26(21(19)28)14-18(27)24-15-8-4-3-5-9-15/h3-11H,2,12-14H2,1H3,(H,24,27). The smallest absolute Gasteiger partial charge is 0.269 e. The number of hydrogen-bond acceptors (Lipinski definition) is 8. The van der Waals surface area contributed by atoms with Crippen LogP contribution in [0.2, 0.25) is 0 Å². The van der Waals surface area contributed by atoms with Gasteiger partial charge in [0.05, 0.1) is 28.5 Å². The maximum Gasteiger partial charge on any atom is 0.269 e. The van der Waals surface area contributed by atoms with E-state index < -0.39 is 33.6 Å². The number of rotatable bonds is 8. The van der Waals surface area contributed by atoms with Crippen molar-refractivity contribution in [1.82, 2.24) is 4.90 Å². The van der Waals surface area contributed by atoms with Gasteiger partial charge in [0.1, 0.15) is 10.9 Å². The SMILES string of the molecule is CCOS(=O)(=O)CCN1C(=O)C(=C2C(=O)N(CC(=O)Nc3ccccc3)c3ccccc32)SC1=S. The van der Waals surface area contributed by atoms with E-state index in [0.717, 1.165) is 16.7 Å². The van der Waals surface area contributed by atoms with Crippen molar-refractivity contribution in [3.63, 3.8) is 0 Å². The first-order valence-corrected chi connectivity index (χ1v) is 13.4. The summed E-state index contributed by atoms with van der Waals surface area (Å²) in [6.45, 7) is 1.10. The highest BCUT2D eigenvalue weighted by Crippen LogP contribution is 2.44. The predicted octanol–water partition coefficient (Wildman–Crippen LogP) is 2.61. The number of nitrogens with zero attached hydrogens (tertiary/aromatic N) is 2. The Morgan fingerprint density at radius 1 is 1.03 bits per heavy atom. The van der Waals surface area contributed by atoms with Crippen molar-refractivity contribution in [1.29, 1.82) is 0 Å². The molecule has 4 rings (SSSR count). The number of amides is 3. The van der Waals surface area contributed by atoms with Crippen LogP contribution in [0, 0.1) is 0 Å². The monoisotopic (exact) mass is 531 g/mol. The lowest BCUT2D eigenvalue weighted by Crippen LogP contribution is -2.36. The summed E-state index contributed by atoms with van der Waals surface area (Å²) in [6.07, 6.45) is 0. The Hall–Kier alpha value is -3.06. The van der Waals surface area contributed by atoms with Crippen LogP contribution in [0.15, 0.2) is 59.5 Å². The Morgan fingerprint density at radius 3 is 2.43 bits per heavy atom. The summed E-state index contributed by atoms with van der Waals surface area (Å²) in [4.78, 5) is 41.9. The molecule has 0 radical (unpaired) electrons. The summed E-state index contributed by atoms with van der Waals surface area (Å²) in [7, 11) is -3.81. The Balaban J connectivity index is 1.59. The van der Waals surface area contributed by atoms with E-state index >= 15 is 0 Å². The van der Waals surface area contributed by atoms with E-state index in [-0.39, 0.29) is 34.5 Å². The van der Waals surface area contributed by atoms with Crippen LogP contribution in [0.3, 0.4) is 0 Å². The lowest BCUT2D eigenvalue weighted by molar-refractivity contribution is -0.122. The largest absolute Gasteiger partial charge is 0.325 e. The molecular formula is C23H21N3O6S3. The first kappa shape index (κ1) is 25.0. The van der Waals surface area contributed by atoms with Crippen molar-refractivity contribution in [2.24, 2.45) is 0 Å². The number of carbonyl (C=O) groups is 3. The number of nitrogens with one attached hydrogen (secondary N) is 1. The molecule has 0 atom stereocenters. The molecule has 0 unspecified atom stereocenters. The average Bonchev–Trinajstić information content (AvgIpc) is 3.25. The van der Waals surface area contributed by atoms with Gasteiger partial charge < -0.3 is 5.32 Å². The number of carbonyl (C=O) groups excluding carboxylic acids is 3. The molecule has 3 amide bonds. The second kappa shape index (κ2) is 10.3. The number of anilines is 2. The van der Waals surface area contributed by atoms with Gasteiger partial charge in [-0.3, -0.25) is 28.4 Å². The minimum atomic E-state index is -3.81. The number of hydrogen-bond donors (Lipinski definition) is 1. The van der Waals surface area contributed by atoms with Gasteiger partial charge in [0, 0.05) is 17.8 Å². The van der Waals surface area contributed by atoms with Gasteiger partial charge in [-0.2, -0.15) is 8.42 Å². The van der Waals surface area contributed by atoms with Crippen LogP contribution in [0.1, 0.15) is 12.5 Å². The highest BCUT2D eigenvalue weighted by Gasteiger charge is 2.42. The summed E-state index contributed by atoms with van der Waals surface area (Å²) in [5, 5.41) is 2.75. The molecular weight excluding hydrogens is 510 g/mol. The van der Waals surface area contributed by atoms with E-state index in [2.05, 4.69) is 5.32 Å². The van der Waals surface area contributed by atoms with Gasteiger partial charge in [0.15, 0.2) is 0 Å². The van der Waals surface area contributed by atoms with Crippen LogP contribution < -0.4 is 10.2 Å². The first-order chi connectivity index (χ1) is 16.7. The summed E-state index contributed by atoms with van der Waals surface area (Å²) in [6, 6.07) is 15.7. The number of para-hydroxylation sites is 2. The molecule has 0 saturated carbocycles. The van der Waals surface area contributed by atoms with Gasteiger partial charge >= 0.3 is 0 Å². The van der Waals surface area contributed by atoms with Crippen LogP contribution in [-0.4, -0.2) is 60.8 Å². The van der Waals surface area contributed by atoms with E-state index in [9.17, 15) is 22.8 Å². The van der Waals surface area contributed by atoms with E-state index in [4.69, 9.17) is 16.4 Å². The second-order valence-corrected chi connectivity index (χ2v) is 10.9. The van der Waals surface area contributed by atoms with Gasteiger partial charge in [0.25, 0.3) is 21.9 Å². The van der Waals surface area contributed by atoms with Crippen LogP contribution in [0.5, 0.6) is 0 Å². The molecule has 1 saturated heterocycles. The Kier molecular flexibility index (Phi) is 7.36. The summed E-state index contributed by atoms with van der Waals surface area (Å²) in [5.41, 5.74) is 1.74. The molecule has 0 spiro atoms. The van der Waals surface area contributed by atoms with Gasteiger partial charge in [-0.1, -0.05) is 60.4 Å². The molecule has 9 nitrogen and oxygen atoms in total. The molecule has 2 aromatic carbocycles. The minimum absolute atomic E-state index is 0.0102. The summed E-state index contributed by atoms with van der Waals surface area (Å²) < 4.78 is 28.7. The van der Waals surface area contributed by atoms with Crippen molar-refractivity contribution in [3.8, 4) is 0 Å². The molecule has 1 N–H and O–H groups in total. The van der Waals surface area contributed by atoms with Crippen molar-refractivity contribution < 1.29 is 27.0 Å². The lowest BCUT2D eigenvalue weighted by atomic mass is 10.1. The molecule has 12 heteroatoms. The molecule has 2 heterocycles. The van der Waals surface area contributed by atoms with Crippen LogP contribution in [-0.2, 0) is 28.7 Å². The molecule has 35 heavy (non-hydrogen) atoms.